The first-order valence-corrected chi connectivity index (χ1v) is 15.4. The zero-order valence-corrected chi connectivity index (χ0v) is 25.0. The van der Waals surface area contributed by atoms with Crippen LogP contribution in [-0.4, -0.2) is 79.2 Å². The quantitative estimate of drug-likeness (QED) is 0.413. The number of nitrogens with zero attached hydrogens (tertiary/aromatic N) is 6. The summed E-state index contributed by atoms with van der Waals surface area (Å²) in [4.78, 5) is 34.6. The lowest BCUT2D eigenvalue weighted by molar-refractivity contribution is -0.141. The van der Waals surface area contributed by atoms with E-state index in [0.29, 0.717) is 35.8 Å². The molecule has 3 aliphatic carbocycles. The number of anilines is 1. The first-order valence-electron chi connectivity index (χ1n) is 15.0. The maximum absolute atomic E-state index is 14.0. The maximum Gasteiger partial charge on any atom is 0.435 e. The number of aromatic nitrogens is 4. The molecule has 0 unspecified atom stereocenters. The number of nitrogens with two attached hydrogens (primary N) is 1. The third kappa shape index (κ3) is 5.28. The van der Waals surface area contributed by atoms with Crippen LogP contribution in [0.15, 0.2) is 30.6 Å². The number of nitrogens with one attached hydrogen (secondary N) is 1. The largest absolute Gasteiger partial charge is 0.435 e. The lowest BCUT2D eigenvalue weighted by atomic mass is 9.77. The number of halogens is 4. The van der Waals surface area contributed by atoms with Gasteiger partial charge in [-0.2, -0.15) is 18.3 Å². The van der Waals surface area contributed by atoms with Crippen LogP contribution in [0.5, 0.6) is 0 Å². The van der Waals surface area contributed by atoms with E-state index < -0.39 is 17.8 Å². The van der Waals surface area contributed by atoms with Crippen molar-refractivity contribution >= 4 is 29.1 Å². The van der Waals surface area contributed by atoms with Crippen molar-refractivity contribution in [2.75, 3.05) is 31.5 Å². The second-order valence-corrected chi connectivity index (χ2v) is 13.2. The molecule has 0 atom stereocenters. The summed E-state index contributed by atoms with van der Waals surface area (Å²) in [6.45, 7) is 2.76. The third-order valence-electron chi connectivity index (χ3n) is 9.86. The van der Waals surface area contributed by atoms with Gasteiger partial charge in [-0.05, 0) is 62.1 Å². The van der Waals surface area contributed by atoms with Gasteiger partial charge in [-0.1, -0.05) is 11.6 Å². The van der Waals surface area contributed by atoms with Gasteiger partial charge in [-0.25, -0.2) is 4.98 Å². The lowest BCUT2D eigenvalue weighted by Crippen LogP contribution is -2.57. The summed E-state index contributed by atoms with van der Waals surface area (Å²) in [6.07, 6.45) is 3.92. The first kappa shape index (κ1) is 29.3. The molecule has 1 saturated heterocycles. The smallest absolute Gasteiger partial charge is 0.336 e. The van der Waals surface area contributed by atoms with Crippen molar-refractivity contribution in [3.05, 3.63) is 52.7 Å². The number of carbonyl (C=O) groups excluding carboxylic acids is 2. The molecule has 3 aromatic rings. The van der Waals surface area contributed by atoms with E-state index in [0.717, 1.165) is 51.6 Å². The Morgan fingerprint density at radius 3 is 2.41 bits per heavy atom. The number of piperazine rings is 1. The van der Waals surface area contributed by atoms with Crippen LogP contribution >= 0.6 is 11.6 Å². The Balaban J connectivity index is 1.03. The van der Waals surface area contributed by atoms with Crippen molar-refractivity contribution in [3.8, 4) is 11.3 Å². The number of benzene rings is 1. The molecule has 0 bridgehead atoms. The minimum absolute atomic E-state index is 0.0562. The number of alkyl halides is 3. The number of amides is 2. The monoisotopic (exact) mass is 630 g/mol. The minimum Gasteiger partial charge on any atom is -0.336 e. The topological polar surface area (TPSA) is 114 Å². The second kappa shape index (κ2) is 10.6. The average molecular weight is 631 g/mol. The molecule has 4 aliphatic rings. The van der Waals surface area contributed by atoms with Crippen molar-refractivity contribution in [3.63, 3.8) is 0 Å². The molecule has 234 valence electrons. The van der Waals surface area contributed by atoms with Crippen molar-refractivity contribution in [2.45, 2.75) is 62.8 Å². The lowest BCUT2D eigenvalue weighted by Gasteiger charge is -2.45. The van der Waals surface area contributed by atoms with E-state index in [2.05, 4.69) is 20.3 Å². The summed E-state index contributed by atoms with van der Waals surface area (Å²) in [5.74, 6) is -0.888. The van der Waals surface area contributed by atoms with E-state index in [1.54, 1.807) is 17.0 Å². The van der Waals surface area contributed by atoms with Gasteiger partial charge < -0.3 is 20.5 Å². The molecule has 44 heavy (non-hydrogen) atoms. The highest BCUT2D eigenvalue weighted by Crippen LogP contribution is 2.65. The van der Waals surface area contributed by atoms with E-state index in [1.165, 1.54) is 34.8 Å². The van der Waals surface area contributed by atoms with Crippen LogP contribution in [0.2, 0.25) is 5.02 Å². The Hall–Kier alpha value is -3.42. The van der Waals surface area contributed by atoms with Gasteiger partial charge in [0.25, 0.3) is 11.8 Å². The molecular weight excluding hydrogens is 597 g/mol. The number of hydrogen-bond donors (Lipinski definition) is 2. The summed E-state index contributed by atoms with van der Waals surface area (Å²) in [5.41, 5.74) is 5.90. The van der Waals surface area contributed by atoms with Crippen molar-refractivity contribution in [2.24, 2.45) is 18.2 Å². The fourth-order valence-electron chi connectivity index (χ4n) is 6.90. The molecule has 7 rings (SSSR count). The van der Waals surface area contributed by atoms with Gasteiger partial charge >= 0.3 is 6.18 Å². The van der Waals surface area contributed by atoms with E-state index in [4.69, 9.17) is 17.3 Å². The van der Waals surface area contributed by atoms with Crippen LogP contribution in [-0.2, 0) is 13.2 Å². The van der Waals surface area contributed by atoms with Gasteiger partial charge in [-0.15, -0.1) is 0 Å². The normalized spacial score (nSPS) is 23.4. The fraction of sp³-hybridized carbons (Fsp3) is 0.533. The maximum atomic E-state index is 14.0. The van der Waals surface area contributed by atoms with E-state index in [1.807, 2.05) is 0 Å². The number of rotatable bonds is 6. The molecule has 10 nitrogen and oxygen atoms in total. The fourth-order valence-corrected chi connectivity index (χ4v) is 7.16. The first-order chi connectivity index (χ1) is 20.9. The predicted octanol–water partition coefficient (Wildman–Crippen LogP) is 4.57. The zero-order valence-electron chi connectivity index (χ0n) is 24.3. The molecule has 2 aromatic heterocycles. The predicted molar refractivity (Wildman–Crippen MR) is 157 cm³/mol. The minimum atomic E-state index is -4.66. The summed E-state index contributed by atoms with van der Waals surface area (Å²) in [7, 11) is 1.49. The standard InChI is InChI=1S/C30H34ClF3N8O2/c1-39-24(22-16-42(38-25(22)30(32,33)34)20-13-29(14-20)4-5-29)15-36-26(39)27(43)37-18-2-3-21(23(31)12-18)28(44)41-8-6-40(7-9-41)19-10-17(35)11-19/h2-3,12,15-17,19-20H,4-11,13-14,35H2,1H3,(H,37,43). The second-order valence-electron chi connectivity index (χ2n) is 12.8. The molecule has 1 aromatic carbocycles. The Kier molecular flexibility index (Phi) is 7.05. The van der Waals surface area contributed by atoms with Gasteiger partial charge in [0, 0.05) is 57.2 Å². The van der Waals surface area contributed by atoms with E-state index >= 15 is 0 Å². The molecule has 0 radical (unpaired) electrons. The molecule has 1 spiro atoms. The highest BCUT2D eigenvalue weighted by molar-refractivity contribution is 6.34. The van der Waals surface area contributed by atoms with Gasteiger partial charge in [-0.3, -0.25) is 19.2 Å². The Bertz CT molecular complexity index is 1610. The summed E-state index contributed by atoms with van der Waals surface area (Å²) >= 11 is 6.48. The molecular formula is C30H34ClF3N8O2. The SMILES string of the molecule is Cn1c(-c2cn(C3CC4(CC4)C3)nc2C(F)(F)F)cnc1C(=O)Nc1ccc(C(=O)N2CCN(C3CC(N)C3)CC2)c(Cl)c1. The van der Waals surface area contributed by atoms with Gasteiger partial charge in [0.05, 0.1) is 34.1 Å². The molecule has 2 amide bonds. The summed E-state index contributed by atoms with van der Waals surface area (Å²) < 4.78 is 44.7. The third-order valence-corrected chi connectivity index (χ3v) is 10.2. The summed E-state index contributed by atoms with van der Waals surface area (Å²) in [6, 6.07) is 5.34. The van der Waals surface area contributed by atoms with Crippen LogP contribution < -0.4 is 11.1 Å². The summed E-state index contributed by atoms with van der Waals surface area (Å²) in [5, 5.41) is 6.80. The van der Waals surface area contributed by atoms with Crippen molar-refractivity contribution < 1.29 is 22.8 Å². The Morgan fingerprint density at radius 2 is 1.80 bits per heavy atom. The van der Waals surface area contributed by atoms with Gasteiger partial charge in [0.1, 0.15) is 0 Å². The molecule has 14 heteroatoms. The number of carbonyl (C=O) groups is 2. The van der Waals surface area contributed by atoms with E-state index in [-0.39, 0.29) is 40.1 Å². The van der Waals surface area contributed by atoms with Gasteiger partial charge in [0.2, 0.25) is 0 Å². The molecule has 3 heterocycles. The molecule has 1 aliphatic heterocycles. The average Bonchev–Trinajstić information content (AvgIpc) is 3.48. The number of hydrogen-bond acceptors (Lipinski definition) is 6. The van der Waals surface area contributed by atoms with Crippen molar-refractivity contribution in [1.29, 1.82) is 0 Å². The zero-order chi connectivity index (χ0) is 31.0. The van der Waals surface area contributed by atoms with Crippen LogP contribution in [0, 0.1) is 5.41 Å². The molecule has 4 fully saturated rings. The van der Waals surface area contributed by atoms with Gasteiger partial charge in [0.15, 0.2) is 11.5 Å². The van der Waals surface area contributed by atoms with E-state index in [9.17, 15) is 22.8 Å². The van der Waals surface area contributed by atoms with Crippen LogP contribution in [0.4, 0.5) is 18.9 Å². The molecule has 3 saturated carbocycles. The molecule has 3 N–H and O–H groups in total. The highest BCUT2D eigenvalue weighted by Gasteiger charge is 2.54. The highest BCUT2D eigenvalue weighted by atomic mass is 35.5. The van der Waals surface area contributed by atoms with Crippen LogP contribution in [0.1, 0.15) is 71.2 Å². The van der Waals surface area contributed by atoms with Crippen molar-refractivity contribution in [1.82, 2.24) is 29.1 Å². The Labute approximate surface area is 257 Å². The Morgan fingerprint density at radius 1 is 1.09 bits per heavy atom. The van der Waals surface area contributed by atoms with Crippen LogP contribution in [0.3, 0.4) is 0 Å². The van der Waals surface area contributed by atoms with Crippen LogP contribution in [0.25, 0.3) is 11.3 Å². The number of imidazole rings is 1.